The molecule has 0 saturated carbocycles. The summed E-state index contributed by atoms with van der Waals surface area (Å²) in [7, 11) is 0. The van der Waals surface area contributed by atoms with Crippen molar-refractivity contribution in [2.24, 2.45) is 0 Å². The van der Waals surface area contributed by atoms with E-state index in [0.29, 0.717) is 12.0 Å². The van der Waals surface area contributed by atoms with Crippen LogP contribution in [0.3, 0.4) is 0 Å². The second-order valence-electron chi connectivity index (χ2n) is 5.11. The predicted octanol–water partition coefficient (Wildman–Crippen LogP) is 3.08. The number of fused-ring (bicyclic) bond motifs is 1. The minimum atomic E-state index is 0.307. The zero-order valence-electron chi connectivity index (χ0n) is 11.8. The SMILES string of the molecule is CCOC1CCCN(c2nc3ccccn3c2CCl)C1. The average Bonchev–Trinajstić information content (AvgIpc) is 2.86. The Morgan fingerprint density at radius 1 is 1.45 bits per heavy atom. The summed E-state index contributed by atoms with van der Waals surface area (Å²) in [5.74, 6) is 1.48. The van der Waals surface area contributed by atoms with Gasteiger partial charge in [-0.2, -0.15) is 0 Å². The standard InChI is InChI=1S/C15H20ClN3O/c1-2-20-12-6-5-8-18(11-12)15-13(10-16)19-9-4-3-7-14(19)17-15/h3-4,7,9,12H,2,5-6,8,10-11H2,1H3. The fraction of sp³-hybridized carbons (Fsp3) is 0.533. The van der Waals surface area contributed by atoms with Gasteiger partial charge >= 0.3 is 0 Å². The molecule has 3 rings (SSSR count). The molecule has 0 spiro atoms. The number of nitrogens with zero attached hydrogens (tertiary/aromatic N) is 3. The second-order valence-corrected chi connectivity index (χ2v) is 5.38. The molecule has 0 bridgehead atoms. The van der Waals surface area contributed by atoms with Crippen molar-refractivity contribution in [2.45, 2.75) is 31.7 Å². The number of halogens is 1. The molecule has 2 aromatic heterocycles. The molecule has 1 saturated heterocycles. The first-order chi connectivity index (χ1) is 9.83. The van der Waals surface area contributed by atoms with Crippen molar-refractivity contribution in [3.8, 4) is 0 Å². The van der Waals surface area contributed by atoms with Gasteiger partial charge in [-0.1, -0.05) is 6.07 Å². The van der Waals surface area contributed by atoms with E-state index in [-0.39, 0.29) is 0 Å². The Morgan fingerprint density at radius 2 is 2.35 bits per heavy atom. The van der Waals surface area contributed by atoms with Gasteiger partial charge in [0.25, 0.3) is 0 Å². The number of pyridine rings is 1. The van der Waals surface area contributed by atoms with Gasteiger partial charge in [-0.25, -0.2) is 4.98 Å². The third kappa shape index (κ3) is 2.50. The number of rotatable bonds is 4. The van der Waals surface area contributed by atoms with Crippen LogP contribution < -0.4 is 4.90 Å². The lowest BCUT2D eigenvalue weighted by molar-refractivity contribution is 0.0525. The van der Waals surface area contributed by atoms with Crippen LogP contribution in [0.5, 0.6) is 0 Å². The minimum absolute atomic E-state index is 0.307. The van der Waals surface area contributed by atoms with E-state index in [4.69, 9.17) is 21.3 Å². The smallest absolute Gasteiger partial charge is 0.152 e. The molecule has 4 nitrogen and oxygen atoms in total. The third-order valence-electron chi connectivity index (χ3n) is 3.81. The fourth-order valence-corrected chi connectivity index (χ4v) is 3.16. The van der Waals surface area contributed by atoms with Crippen molar-refractivity contribution in [1.29, 1.82) is 0 Å². The fourth-order valence-electron chi connectivity index (χ4n) is 2.91. The molecule has 20 heavy (non-hydrogen) atoms. The van der Waals surface area contributed by atoms with E-state index < -0.39 is 0 Å². The maximum absolute atomic E-state index is 6.15. The van der Waals surface area contributed by atoms with Crippen molar-refractivity contribution < 1.29 is 4.74 Å². The van der Waals surface area contributed by atoms with Gasteiger partial charge in [-0.3, -0.25) is 0 Å². The number of anilines is 1. The molecule has 2 aromatic rings. The van der Waals surface area contributed by atoms with Crippen LogP contribution in [0.25, 0.3) is 5.65 Å². The molecule has 0 radical (unpaired) electrons. The van der Waals surface area contributed by atoms with Crippen LogP contribution in [-0.4, -0.2) is 35.2 Å². The molecular weight excluding hydrogens is 274 g/mol. The van der Waals surface area contributed by atoms with Gasteiger partial charge < -0.3 is 14.0 Å². The van der Waals surface area contributed by atoms with Crippen molar-refractivity contribution in [3.63, 3.8) is 0 Å². The van der Waals surface area contributed by atoms with Crippen LogP contribution in [0.15, 0.2) is 24.4 Å². The van der Waals surface area contributed by atoms with Crippen LogP contribution in [0.1, 0.15) is 25.5 Å². The van der Waals surface area contributed by atoms with Crippen LogP contribution in [0.2, 0.25) is 0 Å². The lowest BCUT2D eigenvalue weighted by Gasteiger charge is -2.33. The van der Waals surface area contributed by atoms with Crippen LogP contribution in [0.4, 0.5) is 5.82 Å². The van der Waals surface area contributed by atoms with Gasteiger partial charge in [0.1, 0.15) is 5.65 Å². The lowest BCUT2D eigenvalue weighted by atomic mass is 10.1. The van der Waals surface area contributed by atoms with E-state index in [0.717, 1.165) is 49.7 Å². The van der Waals surface area contributed by atoms with Gasteiger partial charge in [-0.15, -0.1) is 11.6 Å². The maximum atomic E-state index is 6.15. The number of hydrogen-bond donors (Lipinski definition) is 0. The number of alkyl halides is 1. The van der Waals surface area contributed by atoms with Gasteiger partial charge in [0.2, 0.25) is 0 Å². The predicted molar refractivity (Wildman–Crippen MR) is 81.6 cm³/mol. The molecule has 1 fully saturated rings. The summed E-state index contributed by atoms with van der Waals surface area (Å²) in [6.07, 6.45) is 4.60. The van der Waals surface area contributed by atoms with Crippen LogP contribution in [-0.2, 0) is 10.6 Å². The van der Waals surface area contributed by atoms with Gasteiger partial charge in [-0.05, 0) is 31.9 Å². The largest absolute Gasteiger partial charge is 0.377 e. The van der Waals surface area contributed by atoms with Gasteiger partial charge in [0.15, 0.2) is 5.82 Å². The zero-order chi connectivity index (χ0) is 13.9. The lowest BCUT2D eigenvalue weighted by Crippen LogP contribution is -2.40. The summed E-state index contributed by atoms with van der Waals surface area (Å²) in [6, 6.07) is 6.03. The monoisotopic (exact) mass is 293 g/mol. The zero-order valence-corrected chi connectivity index (χ0v) is 12.5. The molecule has 1 aliphatic heterocycles. The summed E-state index contributed by atoms with van der Waals surface area (Å²) in [6.45, 7) is 4.75. The molecule has 1 atom stereocenters. The highest BCUT2D eigenvalue weighted by Crippen LogP contribution is 2.26. The first-order valence-electron chi connectivity index (χ1n) is 7.22. The Hall–Kier alpha value is -1.26. The Kier molecular flexibility index (Phi) is 4.13. The molecular formula is C15H20ClN3O. The van der Waals surface area contributed by atoms with E-state index in [1.807, 2.05) is 31.3 Å². The molecule has 0 N–H and O–H groups in total. The quantitative estimate of drug-likeness (QED) is 0.812. The first kappa shape index (κ1) is 13.7. The van der Waals surface area contributed by atoms with E-state index in [9.17, 15) is 0 Å². The molecule has 5 heteroatoms. The van der Waals surface area contributed by atoms with Crippen LogP contribution >= 0.6 is 11.6 Å². The van der Waals surface area contributed by atoms with Gasteiger partial charge in [0.05, 0.1) is 17.7 Å². The normalized spacial score (nSPS) is 19.7. The molecule has 1 unspecified atom stereocenters. The third-order valence-corrected chi connectivity index (χ3v) is 4.07. The summed E-state index contributed by atoms with van der Waals surface area (Å²) in [5.41, 5.74) is 2.02. The highest BCUT2D eigenvalue weighted by atomic mass is 35.5. The highest BCUT2D eigenvalue weighted by Gasteiger charge is 2.24. The number of imidazole rings is 1. The number of hydrogen-bond acceptors (Lipinski definition) is 3. The molecule has 0 aliphatic carbocycles. The summed E-state index contributed by atoms with van der Waals surface area (Å²) >= 11 is 6.15. The summed E-state index contributed by atoms with van der Waals surface area (Å²) in [5, 5.41) is 0. The van der Waals surface area contributed by atoms with Crippen LogP contribution in [0, 0.1) is 0 Å². The van der Waals surface area contributed by atoms with Crippen molar-refractivity contribution in [3.05, 3.63) is 30.1 Å². The Morgan fingerprint density at radius 3 is 3.15 bits per heavy atom. The topological polar surface area (TPSA) is 29.8 Å². The molecule has 0 amide bonds. The number of piperidine rings is 1. The minimum Gasteiger partial charge on any atom is -0.377 e. The van der Waals surface area contributed by atoms with E-state index in [1.165, 1.54) is 0 Å². The number of aromatic nitrogens is 2. The Bertz CT molecular complexity index is 582. The van der Waals surface area contributed by atoms with Crippen molar-refractivity contribution in [1.82, 2.24) is 9.38 Å². The molecule has 3 heterocycles. The molecule has 108 valence electrons. The number of ether oxygens (including phenoxy) is 1. The van der Waals surface area contributed by atoms with Gasteiger partial charge in [0, 0.05) is 25.9 Å². The average molecular weight is 294 g/mol. The summed E-state index contributed by atoms with van der Waals surface area (Å²) < 4.78 is 7.85. The second kappa shape index (κ2) is 6.02. The van der Waals surface area contributed by atoms with E-state index in [1.54, 1.807) is 0 Å². The van der Waals surface area contributed by atoms with E-state index in [2.05, 4.69) is 9.30 Å². The highest BCUT2D eigenvalue weighted by molar-refractivity contribution is 6.17. The summed E-state index contributed by atoms with van der Waals surface area (Å²) in [4.78, 5) is 7.06. The maximum Gasteiger partial charge on any atom is 0.152 e. The molecule has 0 aromatic carbocycles. The van der Waals surface area contributed by atoms with Crippen molar-refractivity contribution in [2.75, 3.05) is 24.6 Å². The van der Waals surface area contributed by atoms with E-state index >= 15 is 0 Å². The first-order valence-corrected chi connectivity index (χ1v) is 7.75. The Balaban J connectivity index is 1.92. The van der Waals surface area contributed by atoms with Crippen molar-refractivity contribution >= 4 is 23.1 Å². The Labute approximate surface area is 124 Å². The molecule has 1 aliphatic rings.